The standard InChI is InChI=1S/C8H7Br2N3O2S/c1-3-6(12-8(11)16)4(9)2-5(10)7(3)13(14)15/h2H,1H3,(H3,11,12,16). The van der Waals surface area contributed by atoms with Gasteiger partial charge in [-0.1, -0.05) is 0 Å². The second-order valence-corrected chi connectivity index (χ2v) is 5.08. The van der Waals surface area contributed by atoms with Crippen LogP contribution in [0.3, 0.4) is 0 Å². The Morgan fingerprint density at radius 3 is 2.56 bits per heavy atom. The molecule has 0 aliphatic heterocycles. The number of benzene rings is 1. The number of nitrogens with one attached hydrogen (secondary N) is 1. The highest BCUT2D eigenvalue weighted by atomic mass is 79.9. The third-order valence-corrected chi connectivity index (χ3v) is 3.21. The van der Waals surface area contributed by atoms with Crippen LogP contribution in [-0.4, -0.2) is 10.0 Å². The van der Waals surface area contributed by atoms with E-state index in [2.05, 4.69) is 37.2 Å². The molecule has 0 unspecified atom stereocenters. The van der Waals surface area contributed by atoms with Gasteiger partial charge in [-0.15, -0.1) is 0 Å². The first kappa shape index (κ1) is 13.3. The molecule has 1 aromatic carbocycles. The van der Waals surface area contributed by atoms with Crippen molar-refractivity contribution in [2.75, 3.05) is 5.32 Å². The lowest BCUT2D eigenvalue weighted by Gasteiger charge is -2.11. The van der Waals surface area contributed by atoms with Crippen LogP contribution in [0.5, 0.6) is 0 Å². The third-order valence-electron chi connectivity index (χ3n) is 1.88. The fourth-order valence-electron chi connectivity index (χ4n) is 1.23. The second kappa shape index (κ2) is 5.07. The molecule has 0 heterocycles. The Kier molecular flexibility index (Phi) is 4.22. The summed E-state index contributed by atoms with van der Waals surface area (Å²) in [5.41, 5.74) is 6.29. The minimum absolute atomic E-state index is 0.0121. The molecule has 0 aliphatic carbocycles. The van der Waals surface area contributed by atoms with Crippen LogP contribution in [-0.2, 0) is 0 Å². The predicted octanol–water partition coefficient (Wildman–Crippen LogP) is 3.08. The summed E-state index contributed by atoms with van der Waals surface area (Å²) in [4.78, 5) is 10.4. The Bertz CT molecular complexity index is 479. The molecule has 3 N–H and O–H groups in total. The molecule has 0 amide bonds. The van der Waals surface area contributed by atoms with Gasteiger partial charge in [-0.3, -0.25) is 10.1 Å². The number of thiocarbonyl (C=S) groups is 1. The first-order chi connectivity index (χ1) is 7.34. The maximum Gasteiger partial charge on any atom is 0.288 e. The number of anilines is 1. The summed E-state index contributed by atoms with van der Waals surface area (Å²) in [6.45, 7) is 1.62. The van der Waals surface area contributed by atoms with Crippen LogP contribution in [0.2, 0.25) is 0 Å². The summed E-state index contributed by atoms with van der Waals surface area (Å²) < 4.78 is 1.05. The van der Waals surface area contributed by atoms with Crippen molar-refractivity contribution >= 4 is 60.6 Å². The van der Waals surface area contributed by atoms with Gasteiger partial charge in [-0.05, 0) is 57.1 Å². The van der Waals surface area contributed by atoms with Gasteiger partial charge in [0.1, 0.15) is 0 Å². The quantitative estimate of drug-likeness (QED) is 0.476. The highest BCUT2D eigenvalue weighted by Crippen LogP contribution is 2.38. The largest absolute Gasteiger partial charge is 0.376 e. The van der Waals surface area contributed by atoms with E-state index in [1.165, 1.54) is 0 Å². The van der Waals surface area contributed by atoms with Crippen molar-refractivity contribution < 1.29 is 4.92 Å². The first-order valence-corrected chi connectivity index (χ1v) is 6.03. The zero-order chi connectivity index (χ0) is 12.5. The number of halogens is 2. The Balaban J connectivity index is 3.44. The number of hydrogen-bond donors (Lipinski definition) is 2. The molecule has 1 rings (SSSR count). The molecule has 5 nitrogen and oxygen atoms in total. The molecule has 1 aromatic rings. The lowest BCUT2D eigenvalue weighted by molar-refractivity contribution is -0.386. The van der Waals surface area contributed by atoms with Gasteiger partial charge in [0.25, 0.3) is 5.69 Å². The summed E-state index contributed by atoms with van der Waals surface area (Å²) in [7, 11) is 0. The molecule has 0 aromatic heterocycles. The fraction of sp³-hybridized carbons (Fsp3) is 0.125. The number of nitro groups is 1. The molecule has 0 bridgehead atoms. The van der Waals surface area contributed by atoms with E-state index in [-0.39, 0.29) is 10.8 Å². The van der Waals surface area contributed by atoms with Crippen LogP contribution >= 0.6 is 44.1 Å². The zero-order valence-electron chi connectivity index (χ0n) is 8.08. The van der Waals surface area contributed by atoms with Crippen molar-refractivity contribution in [2.24, 2.45) is 5.73 Å². The molecular weight excluding hydrogens is 362 g/mol. The Morgan fingerprint density at radius 1 is 1.56 bits per heavy atom. The van der Waals surface area contributed by atoms with Crippen LogP contribution in [0.1, 0.15) is 5.56 Å². The Morgan fingerprint density at radius 2 is 2.12 bits per heavy atom. The highest BCUT2D eigenvalue weighted by Gasteiger charge is 2.21. The maximum atomic E-state index is 10.9. The average Bonchev–Trinajstić information content (AvgIpc) is 2.10. The van der Waals surface area contributed by atoms with Crippen LogP contribution in [0.15, 0.2) is 15.0 Å². The van der Waals surface area contributed by atoms with E-state index >= 15 is 0 Å². The topological polar surface area (TPSA) is 81.2 Å². The van der Waals surface area contributed by atoms with Crippen molar-refractivity contribution in [3.05, 3.63) is 30.7 Å². The van der Waals surface area contributed by atoms with Gasteiger partial charge in [-0.25, -0.2) is 0 Å². The lowest BCUT2D eigenvalue weighted by Crippen LogP contribution is -2.20. The first-order valence-electron chi connectivity index (χ1n) is 4.04. The van der Waals surface area contributed by atoms with E-state index in [9.17, 15) is 10.1 Å². The second-order valence-electron chi connectivity index (χ2n) is 2.94. The van der Waals surface area contributed by atoms with Crippen molar-refractivity contribution in [1.82, 2.24) is 0 Å². The number of rotatable bonds is 2. The molecular formula is C8H7Br2N3O2S. The van der Waals surface area contributed by atoms with Crippen LogP contribution in [0.25, 0.3) is 0 Å². The van der Waals surface area contributed by atoms with Crippen LogP contribution < -0.4 is 11.1 Å². The third kappa shape index (κ3) is 2.69. The zero-order valence-corrected chi connectivity index (χ0v) is 12.1. The summed E-state index contributed by atoms with van der Waals surface area (Å²) in [6.07, 6.45) is 0. The highest BCUT2D eigenvalue weighted by molar-refractivity contribution is 9.11. The van der Waals surface area contributed by atoms with Gasteiger partial charge in [0, 0.05) is 4.47 Å². The summed E-state index contributed by atoms with van der Waals surface area (Å²) >= 11 is 11.1. The number of nitrogens with zero attached hydrogens (tertiary/aromatic N) is 1. The molecule has 0 saturated carbocycles. The molecule has 0 radical (unpaired) electrons. The van der Waals surface area contributed by atoms with Crippen LogP contribution in [0.4, 0.5) is 11.4 Å². The van der Waals surface area contributed by atoms with Gasteiger partial charge in [0.2, 0.25) is 0 Å². The van der Waals surface area contributed by atoms with E-state index < -0.39 is 4.92 Å². The van der Waals surface area contributed by atoms with Crippen molar-refractivity contribution in [3.63, 3.8) is 0 Å². The summed E-state index contributed by atoms with van der Waals surface area (Å²) in [5.74, 6) is 0. The smallest absolute Gasteiger partial charge is 0.288 e. The summed E-state index contributed by atoms with van der Waals surface area (Å²) in [5, 5.41) is 13.6. The molecule has 0 aliphatic rings. The normalized spacial score (nSPS) is 9.94. The van der Waals surface area contributed by atoms with Gasteiger partial charge in [-0.2, -0.15) is 0 Å². The average molecular weight is 369 g/mol. The van der Waals surface area contributed by atoms with Gasteiger partial charge < -0.3 is 11.1 Å². The number of hydrogen-bond acceptors (Lipinski definition) is 3. The molecule has 8 heteroatoms. The molecule has 0 atom stereocenters. The van der Waals surface area contributed by atoms with E-state index in [1.54, 1.807) is 13.0 Å². The van der Waals surface area contributed by atoms with E-state index in [0.717, 1.165) is 0 Å². The van der Waals surface area contributed by atoms with Crippen molar-refractivity contribution in [3.8, 4) is 0 Å². The van der Waals surface area contributed by atoms with Crippen LogP contribution in [0, 0.1) is 17.0 Å². The van der Waals surface area contributed by atoms with Crippen molar-refractivity contribution in [1.29, 1.82) is 0 Å². The number of nitro benzene ring substituents is 1. The minimum Gasteiger partial charge on any atom is -0.376 e. The molecule has 86 valence electrons. The van der Waals surface area contributed by atoms with Crippen molar-refractivity contribution in [2.45, 2.75) is 6.92 Å². The Hall–Kier alpha value is -0.730. The molecule has 0 fully saturated rings. The maximum absolute atomic E-state index is 10.9. The minimum atomic E-state index is -0.462. The van der Waals surface area contributed by atoms with E-state index in [0.29, 0.717) is 20.2 Å². The molecule has 0 saturated heterocycles. The SMILES string of the molecule is Cc1c(NC(N)=S)c(Br)cc(Br)c1[N+](=O)[O-]. The molecule has 16 heavy (non-hydrogen) atoms. The van der Waals surface area contributed by atoms with Gasteiger partial charge in [0.15, 0.2) is 5.11 Å². The van der Waals surface area contributed by atoms with Gasteiger partial charge in [0.05, 0.1) is 20.6 Å². The van der Waals surface area contributed by atoms with E-state index in [1.807, 2.05) is 0 Å². The number of nitrogens with two attached hydrogens (primary N) is 1. The summed E-state index contributed by atoms with van der Waals surface area (Å²) in [6, 6.07) is 1.58. The van der Waals surface area contributed by atoms with Gasteiger partial charge >= 0.3 is 0 Å². The predicted molar refractivity (Wildman–Crippen MR) is 73.6 cm³/mol. The lowest BCUT2D eigenvalue weighted by atomic mass is 10.1. The Labute approximate surface area is 114 Å². The monoisotopic (exact) mass is 367 g/mol. The van der Waals surface area contributed by atoms with E-state index in [4.69, 9.17) is 18.0 Å². The fourth-order valence-corrected chi connectivity index (χ4v) is 2.93. The molecule has 0 spiro atoms.